The highest BCUT2D eigenvalue weighted by Crippen LogP contribution is 2.27. The maximum atomic E-state index is 12.4. The highest BCUT2D eigenvalue weighted by atomic mass is 19.4. The van der Waals surface area contributed by atoms with E-state index in [1.807, 2.05) is 29.2 Å². The summed E-state index contributed by atoms with van der Waals surface area (Å²) in [5.74, 6) is -1.76. The minimum Gasteiger partial charge on any atom is -0.367 e. The number of hydrogen-bond acceptors (Lipinski definition) is 3. The zero-order chi connectivity index (χ0) is 15.7. The van der Waals surface area contributed by atoms with Crippen molar-refractivity contribution in [2.75, 3.05) is 31.1 Å². The van der Waals surface area contributed by atoms with Crippen molar-refractivity contribution in [2.24, 2.45) is 0 Å². The molecule has 1 aliphatic heterocycles. The van der Waals surface area contributed by atoms with Gasteiger partial charge in [0.2, 0.25) is 0 Å². The smallest absolute Gasteiger partial charge is 0.367 e. The minimum atomic E-state index is -4.80. The molecule has 4 nitrogen and oxygen atoms in total. The number of amides is 1. The van der Waals surface area contributed by atoms with E-state index >= 15 is 0 Å². The third-order valence-corrected chi connectivity index (χ3v) is 3.81. The third-order valence-electron chi connectivity index (χ3n) is 3.81. The normalized spacial score (nSPS) is 16.1. The molecular formula is C15H14F3N3O. The molecule has 1 aromatic carbocycles. The van der Waals surface area contributed by atoms with Crippen molar-refractivity contribution in [1.29, 1.82) is 0 Å². The molecule has 116 valence electrons. The largest absolute Gasteiger partial charge is 0.471 e. The molecule has 0 spiro atoms. The van der Waals surface area contributed by atoms with Crippen LogP contribution in [0.5, 0.6) is 0 Å². The number of piperazine rings is 1. The Hall–Kier alpha value is -2.31. The molecule has 0 unspecified atom stereocenters. The Kier molecular flexibility index (Phi) is 3.64. The summed E-state index contributed by atoms with van der Waals surface area (Å²) in [6, 6.07) is 7.68. The molecule has 0 saturated carbocycles. The van der Waals surface area contributed by atoms with Gasteiger partial charge in [-0.15, -0.1) is 0 Å². The van der Waals surface area contributed by atoms with Crippen molar-refractivity contribution in [3.63, 3.8) is 0 Å². The molecule has 0 atom stereocenters. The lowest BCUT2D eigenvalue weighted by Gasteiger charge is -2.36. The number of pyridine rings is 1. The molecule has 22 heavy (non-hydrogen) atoms. The van der Waals surface area contributed by atoms with Crippen LogP contribution in [0.2, 0.25) is 0 Å². The fraction of sp³-hybridized carbons (Fsp3) is 0.333. The van der Waals surface area contributed by atoms with Crippen molar-refractivity contribution in [1.82, 2.24) is 9.88 Å². The molecule has 1 fully saturated rings. The van der Waals surface area contributed by atoms with E-state index in [2.05, 4.69) is 4.98 Å². The van der Waals surface area contributed by atoms with Gasteiger partial charge >= 0.3 is 12.1 Å². The van der Waals surface area contributed by atoms with Crippen molar-refractivity contribution in [2.45, 2.75) is 6.18 Å². The summed E-state index contributed by atoms with van der Waals surface area (Å²) in [4.78, 5) is 18.2. The van der Waals surface area contributed by atoms with Crippen LogP contribution in [0.4, 0.5) is 18.9 Å². The fourth-order valence-corrected chi connectivity index (χ4v) is 2.70. The van der Waals surface area contributed by atoms with Crippen LogP contribution >= 0.6 is 0 Å². The topological polar surface area (TPSA) is 36.4 Å². The van der Waals surface area contributed by atoms with Crippen molar-refractivity contribution in [3.05, 3.63) is 36.7 Å². The number of rotatable bonds is 1. The first-order valence-electron chi connectivity index (χ1n) is 6.90. The summed E-state index contributed by atoms with van der Waals surface area (Å²) < 4.78 is 37.3. The molecule has 1 aliphatic rings. The van der Waals surface area contributed by atoms with Gasteiger partial charge in [0.1, 0.15) is 0 Å². The van der Waals surface area contributed by atoms with E-state index in [1.54, 1.807) is 12.4 Å². The zero-order valence-electron chi connectivity index (χ0n) is 11.7. The van der Waals surface area contributed by atoms with Gasteiger partial charge in [0.15, 0.2) is 0 Å². The first-order valence-corrected chi connectivity index (χ1v) is 6.90. The molecule has 1 aromatic heterocycles. The predicted molar refractivity (Wildman–Crippen MR) is 76.6 cm³/mol. The lowest BCUT2D eigenvalue weighted by Crippen LogP contribution is -2.52. The van der Waals surface area contributed by atoms with E-state index in [0.29, 0.717) is 13.1 Å². The summed E-state index contributed by atoms with van der Waals surface area (Å²) in [7, 11) is 0. The molecule has 0 radical (unpaired) electrons. The summed E-state index contributed by atoms with van der Waals surface area (Å²) >= 11 is 0. The quantitative estimate of drug-likeness (QED) is 0.812. The Morgan fingerprint density at radius 2 is 1.82 bits per heavy atom. The Balaban J connectivity index is 1.78. The number of halogens is 3. The maximum absolute atomic E-state index is 12.4. The maximum Gasteiger partial charge on any atom is 0.471 e. The average molecular weight is 309 g/mol. The SMILES string of the molecule is O=C(N1CCN(c2cccc3ccncc23)CC1)C(F)(F)F. The molecule has 3 rings (SSSR count). The number of alkyl halides is 3. The number of carbonyl (C=O) groups is 1. The Morgan fingerprint density at radius 3 is 2.50 bits per heavy atom. The Bertz CT molecular complexity index is 688. The number of fused-ring (bicyclic) bond motifs is 1. The van der Waals surface area contributed by atoms with Crippen LogP contribution in [0.3, 0.4) is 0 Å². The second-order valence-corrected chi connectivity index (χ2v) is 5.15. The summed E-state index contributed by atoms with van der Waals surface area (Å²) in [5, 5.41) is 1.99. The van der Waals surface area contributed by atoms with Gasteiger partial charge in [0.25, 0.3) is 0 Å². The number of carbonyl (C=O) groups excluding carboxylic acids is 1. The van der Waals surface area contributed by atoms with Gasteiger partial charge < -0.3 is 9.80 Å². The van der Waals surface area contributed by atoms with Gasteiger partial charge in [-0.05, 0) is 17.5 Å². The van der Waals surface area contributed by atoms with E-state index < -0.39 is 12.1 Å². The van der Waals surface area contributed by atoms with E-state index in [4.69, 9.17) is 0 Å². The van der Waals surface area contributed by atoms with E-state index in [9.17, 15) is 18.0 Å². The van der Waals surface area contributed by atoms with Crippen LogP contribution in [-0.2, 0) is 4.79 Å². The Morgan fingerprint density at radius 1 is 1.09 bits per heavy atom. The lowest BCUT2D eigenvalue weighted by atomic mass is 10.1. The molecule has 0 bridgehead atoms. The predicted octanol–water partition coefficient (Wildman–Crippen LogP) is 2.45. The first-order chi connectivity index (χ1) is 10.5. The number of hydrogen-bond donors (Lipinski definition) is 0. The lowest BCUT2D eigenvalue weighted by molar-refractivity contribution is -0.185. The standard InChI is InChI=1S/C15H14F3N3O/c16-15(17,18)14(22)21-8-6-20(7-9-21)13-3-1-2-11-4-5-19-10-12(11)13/h1-5,10H,6-9H2. The molecule has 2 aromatic rings. The van der Waals surface area contributed by atoms with Gasteiger partial charge in [-0.1, -0.05) is 12.1 Å². The van der Waals surface area contributed by atoms with Gasteiger partial charge in [0, 0.05) is 49.6 Å². The van der Waals surface area contributed by atoms with Crippen molar-refractivity contribution in [3.8, 4) is 0 Å². The molecule has 0 N–H and O–H groups in total. The van der Waals surface area contributed by atoms with Crippen molar-refractivity contribution < 1.29 is 18.0 Å². The Labute approximate surface area is 125 Å². The zero-order valence-corrected chi connectivity index (χ0v) is 11.7. The number of benzene rings is 1. The van der Waals surface area contributed by atoms with Gasteiger partial charge in [-0.2, -0.15) is 13.2 Å². The van der Waals surface area contributed by atoms with E-state index in [0.717, 1.165) is 21.4 Å². The van der Waals surface area contributed by atoms with Gasteiger partial charge in [0.05, 0.1) is 0 Å². The third kappa shape index (κ3) is 2.70. The molecular weight excluding hydrogens is 295 g/mol. The molecule has 1 saturated heterocycles. The first kappa shape index (κ1) is 14.6. The second-order valence-electron chi connectivity index (χ2n) is 5.15. The highest BCUT2D eigenvalue weighted by molar-refractivity contribution is 5.93. The van der Waals surface area contributed by atoms with Crippen molar-refractivity contribution >= 4 is 22.4 Å². The van der Waals surface area contributed by atoms with Crippen LogP contribution in [0.1, 0.15) is 0 Å². The van der Waals surface area contributed by atoms with Gasteiger partial charge in [-0.3, -0.25) is 9.78 Å². The fourth-order valence-electron chi connectivity index (χ4n) is 2.70. The summed E-state index contributed by atoms with van der Waals surface area (Å²) in [5.41, 5.74) is 0.935. The summed E-state index contributed by atoms with van der Waals surface area (Å²) in [6.45, 7) is 0.871. The second kappa shape index (κ2) is 5.47. The molecule has 0 aliphatic carbocycles. The molecule has 7 heteroatoms. The van der Waals surface area contributed by atoms with Crippen LogP contribution in [0, 0.1) is 0 Å². The monoisotopic (exact) mass is 309 g/mol. The van der Waals surface area contributed by atoms with E-state index in [-0.39, 0.29) is 13.1 Å². The number of nitrogens with zero attached hydrogens (tertiary/aromatic N) is 3. The van der Waals surface area contributed by atoms with Gasteiger partial charge in [-0.25, -0.2) is 0 Å². The van der Waals surface area contributed by atoms with Crippen LogP contribution in [0.15, 0.2) is 36.7 Å². The van der Waals surface area contributed by atoms with Crippen LogP contribution in [0.25, 0.3) is 10.8 Å². The molecule has 2 heterocycles. The number of aromatic nitrogens is 1. The molecule has 1 amide bonds. The van der Waals surface area contributed by atoms with Crippen LogP contribution in [-0.4, -0.2) is 48.1 Å². The highest BCUT2D eigenvalue weighted by Gasteiger charge is 2.43. The number of anilines is 1. The summed E-state index contributed by atoms with van der Waals surface area (Å²) in [6.07, 6.45) is -1.35. The van der Waals surface area contributed by atoms with Crippen LogP contribution < -0.4 is 4.90 Å². The van der Waals surface area contributed by atoms with E-state index in [1.165, 1.54) is 0 Å². The minimum absolute atomic E-state index is 0.0645. The average Bonchev–Trinajstić information content (AvgIpc) is 2.53.